The zero-order valence-electron chi connectivity index (χ0n) is 11.2. The Labute approximate surface area is 128 Å². The van der Waals surface area contributed by atoms with E-state index in [0.717, 1.165) is 26.9 Å². The van der Waals surface area contributed by atoms with E-state index in [1.807, 2.05) is 55.5 Å². The fourth-order valence-electron chi connectivity index (χ4n) is 1.72. The minimum atomic E-state index is 0.0424. The lowest BCUT2D eigenvalue weighted by Gasteiger charge is -2.07. The smallest absolute Gasteiger partial charge is 0.225 e. The molecule has 0 heterocycles. The molecule has 1 amide bonds. The third-order valence-electron chi connectivity index (χ3n) is 2.83. The van der Waals surface area contributed by atoms with E-state index >= 15 is 0 Å². The van der Waals surface area contributed by atoms with E-state index < -0.39 is 0 Å². The summed E-state index contributed by atoms with van der Waals surface area (Å²) in [5.41, 5.74) is 1.96. The first-order chi connectivity index (χ1) is 9.65. The Hall–Kier alpha value is -1.45. The van der Waals surface area contributed by atoms with Crippen LogP contribution >= 0.6 is 23.4 Å². The average molecular weight is 306 g/mol. The number of carbonyl (C=O) groups is 1. The third kappa shape index (κ3) is 4.58. The lowest BCUT2D eigenvalue weighted by Crippen LogP contribution is -2.12. The quantitative estimate of drug-likeness (QED) is 0.806. The van der Waals surface area contributed by atoms with Crippen molar-refractivity contribution in [1.29, 1.82) is 0 Å². The molecule has 0 aromatic heterocycles. The summed E-state index contributed by atoms with van der Waals surface area (Å²) >= 11 is 7.48. The number of aryl methyl sites for hydroxylation is 1. The number of rotatable bonds is 5. The average Bonchev–Trinajstić information content (AvgIpc) is 2.44. The van der Waals surface area contributed by atoms with Crippen molar-refractivity contribution in [2.45, 2.75) is 18.2 Å². The molecule has 2 aromatic carbocycles. The van der Waals surface area contributed by atoms with E-state index in [1.54, 1.807) is 11.8 Å². The Morgan fingerprint density at radius 3 is 2.55 bits per heavy atom. The van der Waals surface area contributed by atoms with Crippen molar-refractivity contribution >= 4 is 35.0 Å². The maximum absolute atomic E-state index is 11.9. The number of halogens is 1. The van der Waals surface area contributed by atoms with E-state index in [-0.39, 0.29) is 5.91 Å². The Morgan fingerprint density at radius 1 is 1.15 bits per heavy atom. The zero-order chi connectivity index (χ0) is 14.4. The maximum atomic E-state index is 11.9. The van der Waals surface area contributed by atoms with Gasteiger partial charge in [0.05, 0.1) is 0 Å². The predicted molar refractivity (Wildman–Crippen MR) is 86.6 cm³/mol. The van der Waals surface area contributed by atoms with Gasteiger partial charge in [-0.15, -0.1) is 11.8 Å². The molecule has 2 aromatic rings. The van der Waals surface area contributed by atoms with Crippen molar-refractivity contribution in [2.24, 2.45) is 0 Å². The van der Waals surface area contributed by atoms with E-state index in [1.165, 1.54) is 0 Å². The molecule has 20 heavy (non-hydrogen) atoms. The summed E-state index contributed by atoms with van der Waals surface area (Å²) in [6, 6.07) is 15.4. The second-order valence-electron chi connectivity index (χ2n) is 4.42. The van der Waals surface area contributed by atoms with Gasteiger partial charge in [-0.05, 0) is 42.8 Å². The van der Waals surface area contributed by atoms with Crippen LogP contribution in [-0.4, -0.2) is 11.7 Å². The number of nitrogens with one attached hydrogen (secondary N) is 1. The summed E-state index contributed by atoms with van der Waals surface area (Å²) in [5, 5.41) is 3.66. The van der Waals surface area contributed by atoms with Crippen LogP contribution in [0.15, 0.2) is 53.4 Å². The van der Waals surface area contributed by atoms with E-state index in [0.29, 0.717) is 6.42 Å². The van der Waals surface area contributed by atoms with Crippen LogP contribution in [-0.2, 0) is 4.79 Å². The molecule has 0 saturated carbocycles. The molecule has 0 aliphatic rings. The number of thioether (sulfide) groups is 1. The van der Waals surface area contributed by atoms with Crippen LogP contribution < -0.4 is 5.32 Å². The molecule has 4 heteroatoms. The molecule has 0 unspecified atom stereocenters. The summed E-state index contributed by atoms with van der Waals surface area (Å²) in [6.45, 7) is 1.98. The summed E-state index contributed by atoms with van der Waals surface area (Å²) in [4.78, 5) is 13.0. The van der Waals surface area contributed by atoms with Crippen molar-refractivity contribution in [1.82, 2.24) is 0 Å². The molecule has 0 fully saturated rings. The second kappa shape index (κ2) is 7.36. The van der Waals surface area contributed by atoms with Crippen LogP contribution in [0.5, 0.6) is 0 Å². The van der Waals surface area contributed by atoms with Crippen LogP contribution in [0.2, 0.25) is 5.02 Å². The summed E-state index contributed by atoms with van der Waals surface area (Å²) in [6.07, 6.45) is 0.488. The van der Waals surface area contributed by atoms with Crippen molar-refractivity contribution < 1.29 is 4.79 Å². The van der Waals surface area contributed by atoms with Gasteiger partial charge in [0.15, 0.2) is 0 Å². The summed E-state index contributed by atoms with van der Waals surface area (Å²) in [5.74, 6) is 0.792. The zero-order valence-corrected chi connectivity index (χ0v) is 12.8. The van der Waals surface area contributed by atoms with Gasteiger partial charge in [0.25, 0.3) is 0 Å². The van der Waals surface area contributed by atoms with Crippen molar-refractivity contribution in [2.75, 3.05) is 11.1 Å². The molecular weight excluding hydrogens is 290 g/mol. The highest BCUT2D eigenvalue weighted by molar-refractivity contribution is 7.99. The van der Waals surface area contributed by atoms with Crippen LogP contribution in [0.3, 0.4) is 0 Å². The van der Waals surface area contributed by atoms with Crippen molar-refractivity contribution in [3.63, 3.8) is 0 Å². The number of carbonyl (C=O) groups excluding carboxylic acids is 1. The SMILES string of the molecule is Cc1ccccc1NC(=O)CCSc1ccc(Cl)cc1. The van der Waals surface area contributed by atoms with E-state index in [2.05, 4.69) is 5.32 Å². The molecule has 0 aliphatic carbocycles. The maximum Gasteiger partial charge on any atom is 0.225 e. The fraction of sp³-hybridized carbons (Fsp3) is 0.188. The molecule has 0 saturated heterocycles. The van der Waals surface area contributed by atoms with E-state index in [4.69, 9.17) is 11.6 Å². The van der Waals surface area contributed by atoms with Gasteiger partial charge in [-0.2, -0.15) is 0 Å². The minimum absolute atomic E-state index is 0.0424. The highest BCUT2D eigenvalue weighted by Gasteiger charge is 2.04. The lowest BCUT2D eigenvalue weighted by atomic mass is 10.2. The number of para-hydroxylation sites is 1. The first kappa shape index (κ1) is 14.9. The number of hydrogen-bond donors (Lipinski definition) is 1. The monoisotopic (exact) mass is 305 g/mol. The Bertz CT molecular complexity index is 583. The highest BCUT2D eigenvalue weighted by atomic mass is 35.5. The van der Waals surface area contributed by atoms with Gasteiger partial charge in [0.1, 0.15) is 0 Å². The molecule has 0 radical (unpaired) electrons. The van der Waals surface area contributed by atoms with Gasteiger partial charge < -0.3 is 5.32 Å². The molecule has 0 spiro atoms. The highest BCUT2D eigenvalue weighted by Crippen LogP contribution is 2.21. The molecule has 2 nitrogen and oxygen atoms in total. The summed E-state index contributed by atoms with van der Waals surface area (Å²) in [7, 11) is 0. The molecule has 104 valence electrons. The van der Waals surface area contributed by atoms with Gasteiger partial charge in [0, 0.05) is 27.8 Å². The number of amides is 1. The Morgan fingerprint density at radius 2 is 1.85 bits per heavy atom. The van der Waals surface area contributed by atoms with Gasteiger partial charge in [-0.3, -0.25) is 4.79 Å². The third-order valence-corrected chi connectivity index (χ3v) is 4.10. The van der Waals surface area contributed by atoms with Gasteiger partial charge in [0.2, 0.25) is 5.91 Å². The molecule has 1 N–H and O–H groups in total. The largest absolute Gasteiger partial charge is 0.326 e. The molecule has 2 rings (SSSR count). The van der Waals surface area contributed by atoms with Gasteiger partial charge in [-0.25, -0.2) is 0 Å². The standard InChI is InChI=1S/C16H16ClNOS/c1-12-4-2-3-5-15(12)18-16(19)10-11-20-14-8-6-13(17)7-9-14/h2-9H,10-11H2,1H3,(H,18,19). The topological polar surface area (TPSA) is 29.1 Å². The Kier molecular flexibility index (Phi) is 5.50. The number of benzene rings is 2. The van der Waals surface area contributed by atoms with Gasteiger partial charge >= 0.3 is 0 Å². The fourth-order valence-corrected chi connectivity index (χ4v) is 2.70. The second-order valence-corrected chi connectivity index (χ2v) is 6.02. The molecular formula is C16H16ClNOS. The van der Waals surface area contributed by atoms with Crippen molar-refractivity contribution in [3.8, 4) is 0 Å². The van der Waals surface area contributed by atoms with Crippen LogP contribution in [0.4, 0.5) is 5.69 Å². The molecule has 0 aliphatic heterocycles. The number of anilines is 1. The minimum Gasteiger partial charge on any atom is -0.326 e. The normalized spacial score (nSPS) is 10.3. The van der Waals surface area contributed by atoms with E-state index in [9.17, 15) is 4.79 Å². The van der Waals surface area contributed by atoms with Crippen LogP contribution in [0.25, 0.3) is 0 Å². The van der Waals surface area contributed by atoms with Crippen LogP contribution in [0, 0.1) is 6.92 Å². The molecule has 0 bridgehead atoms. The number of hydrogen-bond acceptors (Lipinski definition) is 2. The lowest BCUT2D eigenvalue weighted by molar-refractivity contribution is -0.115. The predicted octanol–water partition coefficient (Wildman–Crippen LogP) is 4.77. The van der Waals surface area contributed by atoms with Crippen molar-refractivity contribution in [3.05, 3.63) is 59.1 Å². The first-order valence-corrected chi connectivity index (χ1v) is 7.75. The first-order valence-electron chi connectivity index (χ1n) is 6.39. The Balaban J connectivity index is 1.78. The van der Waals surface area contributed by atoms with Gasteiger partial charge in [-0.1, -0.05) is 29.8 Å². The molecule has 0 atom stereocenters. The summed E-state index contributed by atoms with van der Waals surface area (Å²) < 4.78 is 0. The van der Waals surface area contributed by atoms with Crippen LogP contribution in [0.1, 0.15) is 12.0 Å².